The molecular weight excluding hydrogens is 334 g/mol. The maximum absolute atomic E-state index is 13.7. The number of ether oxygens (including phenoxy) is 1. The highest BCUT2D eigenvalue weighted by molar-refractivity contribution is 6.11. The van der Waals surface area contributed by atoms with Gasteiger partial charge in [-0.25, -0.2) is 0 Å². The molecule has 0 saturated heterocycles. The third-order valence-corrected chi connectivity index (χ3v) is 6.03. The van der Waals surface area contributed by atoms with Crippen molar-refractivity contribution in [1.82, 2.24) is 0 Å². The lowest BCUT2D eigenvalue weighted by molar-refractivity contribution is -0.121. The van der Waals surface area contributed by atoms with E-state index < -0.39 is 5.41 Å². The van der Waals surface area contributed by atoms with Crippen LogP contribution in [0.15, 0.2) is 66.7 Å². The van der Waals surface area contributed by atoms with Crippen molar-refractivity contribution in [3.05, 3.63) is 94.5 Å². The monoisotopic (exact) mass is 355 g/mol. The zero-order chi connectivity index (χ0) is 18.6. The van der Waals surface area contributed by atoms with Gasteiger partial charge in [0.15, 0.2) is 0 Å². The lowest BCUT2D eigenvalue weighted by Gasteiger charge is -2.32. The average molecular weight is 355 g/mol. The molecule has 1 aliphatic carbocycles. The van der Waals surface area contributed by atoms with E-state index in [2.05, 4.69) is 43.3 Å². The molecule has 134 valence electrons. The minimum Gasteiger partial charge on any atom is -0.497 e. The van der Waals surface area contributed by atoms with Gasteiger partial charge in [-0.2, -0.15) is 0 Å². The van der Waals surface area contributed by atoms with Crippen LogP contribution in [0.5, 0.6) is 5.75 Å². The van der Waals surface area contributed by atoms with Crippen LogP contribution in [0, 0.1) is 0 Å². The van der Waals surface area contributed by atoms with Crippen molar-refractivity contribution >= 4 is 11.6 Å². The highest BCUT2D eigenvalue weighted by atomic mass is 16.5. The maximum Gasteiger partial charge on any atom is 0.242 e. The summed E-state index contributed by atoms with van der Waals surface area (Å²) in [6.07, 6.45) is 0.887. The highest BCUT2D eigenvalue weighted by Crippen LogP contribution is 2.52. The first kappa shape index (κ1) is 16.1. The van der Waals surface area contributed by atoms with E-state index in [-0.39, 0.29) is 5.91 Å². The van der Waals surface area contributed by atoms with Gasteiger partial charge >= 0.3 is 0 Å². The standard InChI is InChI=1S/C24H21NO2/c1-24-20-8-4-3-6-17(20)14-18-7-5-9-21(22(18)24)25(23(24)26)15-16-10-12-19(27-2)13-11-16/h3-13H,14-15H2,1-2H3. The maximum atomic E-state index is 13.7. The molecule has 1 atom stereocenters. The Morgan fingerprint density at radius 3 is 2.48 bits per heavy atom. The fourth-order valence-electron chi connectivity index (χ4n) is 4.71. The van der Waals surface area contributed by atoms with Crippen LogP contribution in [0.3, 0.4) is 0 Å². The van der Waals surface area contributed by atoms with Gasteiger partial charge in [0.2, 0.25) is 5.91 Å². The number of rotatable bonds is 3. The number of nitrogens with zero attached hydrogens (tertiary/aromatic N) is 1. The molecule has 1 unspecified atom stereocenters. The second-order valence-electron chi connectivity index (χ2n) is 7.51. The van der Waals surface area contributed by atoms with Gasteiger partial charge in [0.05, 0.1) is 19.1 Å². The molecule has 27 heavy (non-hydrogen) atoms. The first-order chi connectivity index (χ1) is 13.1. The van der Waals surface area contributed by atoms with E-state index in [9.17, 15) is 4.79 Å². The van der Waals surface area contributed by atoms with Crippen LogP contribution in [-0.2, 0) is 23.2 Å². The molecule has 3 aromatic carbocycles. The average Bonchev–Trinajstić information content (AvgIpc) is 2.92. The molecule has 0 bridgehead atoms. The molecule has 5 rings (SSSR count). The Hall–Kier alpha value is -3.07. The van der Waals surface area contributed by atoms with Gasteiger partial charge < -0.3 is 9.64 Å². The van der Waals surface area contributed by atoms with E-state index in [1.807, 2.05) is 35.2 Å². The summed E-state index contributed by atoms with van der Waals surface area (Å²) < 4.78 is 5.25. The Morgan fingerprint density at radius 1 is 0.963 bits per heavy atom. The fourth-order valence-corrected chi connectivity index (χ4v) is 4.71. The predicted molar refractivity (Wildman–Crippen MR) is 106 cm³/mol. The van der Waals surface area contributed by atoms with Gasteiger partial charge in [-0.3, -0.25) is 4.79 Å². The van der Waals surface area contributed by atoms with E-state index in [1.54, 1.807) is 7.11 Å². The molecule has 3 heteroatoms. The van der Waals surface area contributed by atoms with Crippen LogP contribution in [0.1, 0.15) is 34.7 Å². The number of benzene rings is 3. The van der Waals surface area contributed by atoms with E-state index in [1.165, 1.54) is 16.7 Å². The van der Waals surface area contributed by atoms with Crippen molar-refractivity contribution in [1.29, 1.82) is 0 Å². The fraction of sp³-hybridized carbons (Fsp3) is 0.208. The summed E-state index contributed by atoms with van der Waals surface area (Å²) in [6, 6.07) is 22.6. The second-order valence-corrected chi connectivity index (χ2v) is 7.51. The lowest BCUT2D eigenvalue weighted by atomic mass is 9.68. The molecule has 3 nitrogen and oxygen atoms in total. The number of anilines is 1. The van der Waals surface area contributed by atoms with Crippen molar-refractivity contribution in [2.45, 2.75) is 25.3 Å². The number of carbonyl (C=O) groups is 1. The quantitative estimate of drug-likeness (QED) is 0.695. The van der Waals surface area contributed by atoms with Crippen LogP contribution in [0.25, 0.3) is 0 Å². The number of amides is 1. The molecule has 0 N–H and O–H groups in total. The highest BCUT2D eigenvalue weighted by Gasteiger charge is 2.52. The molecule has 0 aromatic heterocycles. The first-order valence-electron chi connectivity index (χ1n) is 9.28. The molecule has 0 saturated carbocycles. The van der Waals surface area contributed by atoms with Crippen LogP contribution < -0.4 is 9.64 Å². The zero-order valence-electron chi connectivity index (χ0n) is 15.5. The van der Waals surface area contributed by atoms with Gasteiger partial charge in [-0.05, 0) is 59.4 Å². The van der Waals surface area contributed by atoms with Crippen molar-refractivity contribution in [3.8, 4) is 5.75 Å². The molecular formula is C24H21NO2. The van der Waals surface area contributed by atoms with E-state index >= 15 is 0 Å². The molecule has 0 spiro atoms. The predicted octanol–water partition coefficient (Wildman–Crippen LogP) is 4.45. The molecule has 1 aliphatic heterocycles. The number of carbonyl (C=O) groups excluding carboxylic acids is 1. The smallest absolute Gasteiger partial charge is 0.242 e. The minimum atomic E-state index is -0.604. The van der Waals surface area contributed by atoms with Gasteiger partial charge in [-0.15, -0.1) is 0 Å². The summed E-state index contributed by atoms with van der Waals surface area (Å²) in [4.78, 5) is 15.6. The van der Waals surface area contributed by atoms with Crippen molar-refractivity contribution in [2.75, 3.05) is 12.0 Å². The van der Waals surface area contributed by atoms with Gasteiger partial charge in [0.25, 0.3) is 0 Å². The second kappa shape index (κ2) is 5.71. The van der Waals surface area contributed by atoms with Crippen molar-refractivity contribution in [3.63, 3.8) is 0 Å². The Morgan fingerprint density at radius 2 is 1.70 bits per heavy atom. The van der Waals surface area contributed by atoms with Gasteiger partial charge in [-0.1, -0.05) is 48.5 Å². The molecule has 1 amide bonds. The third-order valence-electron chi connectivity index (χ3n) is 6.03. The SMILES string of the molecule is COc1ccc(CN2C(=O)C3(C)c4ccccc4Cc4cccc2c43)cc1. The summed E-state index contributed by atoms with van der Waals surface area (Å²) in [7, 11) is 1.66. The Bertz CT molecular complexity index is 1050. The number of methoxy groups -OCH3 is 1. The molecule has 2 aliphatic rings. The van der Waals surface area contributed by atoms with Crippen LogP contribution >= 0.6 is 0 Å². The van der Waals surface area contributed by atoms with E-state index in [0.717, 1.165) is 29.0 Å². The summed E-state index contributed by atoms with van der Waals surface area (Å²) in [5, 5.41) is 0. The normalized spacial score (nSPS) is 19.6. The van der Waals surface area contributed by atoms with Crippen LogP contribution in [-0.4, -0.2) is 13.0 Å². The number of hydrogen-bond acceptors (Lipinski definition) is 2. The van der Waals surface area contributed by atoms with E-state index in [4.69, 9.17) is 4.74 Å². The zero-order valence-corrected chi connectivity index (χ0v) is 15.5. The summed E-state index contributed by atoms with van der Waals surface area (Å²) in [5.74, 6) is 0.985. The van der Waals surface area contributed by atoms with Gasteiger partial charge in [0.1, 0.15) is 5.75 Å². The van der Waals surface area contributed by atoms with Crippen LogP contribution in [0.2, 0.25) is 0 Å². The van der Waals surface area contributed by atoms with Crippen LogP contribution in [0.4, 0.5) is 5.69 Å². The number of fused-ring (bicyclic) bond motifs is 2. The summed E-state index contributed by atoms with van der Waals surface area (Å²) in [5.41, 5.74) is 6.38. The molecule has 0 fully saturated rings. The topological polar surface area (TPSA) is 29.5 Å². The molecule has 1 heterocycles. The minimum absolute atomic E-state index is 0.160. The van der Waals surface area contributed by atoms with Crippen molar-refractivity contribution in [2.24, 2.45) is 0 Å². The first-order valence-corrected chi connectivity index (χ1v) is 9.28. The number of hydrogen-bond donors (Lipinski definition) is 0. The Labute approximate surface area is 159 Å². The Balaban J connectivity index is 1.63. The van der Waals surface area contributed by atoms with Gasteiger partial charge in [0, 0.05) is 5.69 Å². The molecule has 3 aromatic rings. The molecule has 0 radical (unpaired) electrons. The third kappa shape index (κ3) is 2.18. The van der Waals surface area contributed by atoms with Crippen molar-refractivity contribution < 1.29 is 9.53 Å². The largest absolute Gasteiger partial charge is 0.497 e. The Kier molecular flexibility index (Phi) is 3.41. The van der Waals surface area contributed by atoms with E-state index in [0.29, 0.717) is 6.54 Å². The summed E-state index contributed by atoms with van der Waals surface area (Å²) in [6.45, 7) is 2.65. The lowest BCUT2D eigenvalue weighted by Crippen LogP contribution is -2.40. The summed E-state index contributed by atoms with van der Waals surface area (Å²) >= 11 is 0.